The Morgan fingerprint density at radius 1 is 1.14 bits per heavy atom. The minimum atomic E-state index is 0. The lowest BCUT2D eigenvalue weighted by atomic mass is 10.1. The van der Waals surface area contributed by atoms with Crippen molar-refractivity contribution in [1.29, 1.82) is 0 Å². The number of halogens is 1. The van der Waals surface area contributed by atoms with Crippen LogP contribution in [-0.4, -0.2) is 40.9 Å². The lowest BCUT2D eigenvalue weighted by Gasteiger charge is -2.12. The van der Waals surface area contributed by atoms with Gasteiger partial charge < -0.3 is 15.6 Å². The Hall–Kier alpha value is -2.03. The predicted octanol–water partition coefficient (Wildman–Crippen LogP) is 3.39. The topological polar surface area (TPSA) is 70.0 Å². The van der Waals surface area contributed by atoms with Crippen molar-refractivity contribution in [2.45, 2.75) is 33.6 Å². The first-order valence-corrected chi connectivity index (χ1v) is 9.49. The Kier molecular flexibility index (Phi) is 7.91. The molecule has 3 rings (SSSR count). The molecule has 0 aliphatic rings. The van der Waals surface area contributed by atoms with Crippen LogP contribution in [0.2, 0.25) is 0 Å². The number of rotatable bonds is 6. The van der Waals surface area contributed by atoms with Crippen LogP contribution in [0.5, 0.6) is 0 Å². The monoisotopic (exact) mass is 494 g/mol. The van der Waals surface area contributed by atoms with Crippen molar-refractivity contribution in [1.82, 2.24) is 25.4 Å². The number of aryl methyl sites for hydroxylation is 3. The number of fused-ring (bicyclic) bond motifs is 1. The van der Waals surface area contributed by atoms with Gasteiger partial charge in [0.15, 0.2) is 5.96 Å². The molecular weight excluding hydrogens is 463 g/mol. The third-order valence-corrected chi connectivity index (χ3v) is 5.16. The van der Waals surface area contributed by atoms with E-state index in [2.05, 4.69) is 70.9 Å². The van der Waals surface area contributed by atoms with Gasteiger partial charge in [0.25, 0.3) is 0 Å². The molecule has 28 heavy (non-hydrogen) atoms. The molecule has 0 unspecified atom stereocenters. The van der Waals surface area contributed by atoms with E-state index in [0.717, 1.165) is 37.6 Å². The van der Waals surface area contributed by atoms with Gasteiger partial charge in [0, 0.05) is 50.0 Å². The molecule has 3 aromatic rings. The van der Waals surface area contributed by atoms with Gasteiger partial charge in [-0.3, -0.25) is 9.67 Å². The van der Waals surface area contributed by atoms with E-state index >= 15 is 0 Å². The number of H-pyrrole nitrogens is 1. The van der Waals surface area contributed by atoms with Gasteiger partial charge in [-0.05, 0) is 56.4 Å². The first-order valence-electron chi connectivity index (χ1n) is 9.49. The molecular formula is C21H31IN6. The van der Waals surface area contributed by atoms with E-state index in [4.69, 9.17) is 0 Å². The van der Waals surface area contributed by atoms with Crippen LogP contribution in [0.15, 0.2) is 29.4 Å². The van der Waals surface area contributed by atoms with E-state index in [0.29, 0.717) is 0 Å². The summed E-state index contributed by atoms with van der Waals surface area (Å²) in [6.45, 7) is 7.97. The molecule has 7 heteroatoms. The highest BCUT2D eigenvalue weighted by atomic mass is 127. The summed E-state index contributed by atoms with van der Waals surface area (Å²) in [5.74, 6) is 0.838. The highest BCUT2D eigenvalue weighted by Crippen LogP contribution is 2.19. The van der Waals surface area contributed by atoms with Crippen LogP contribution in [0.4, 0.5) is 0 Å². The van der Waals surface area contributed by atoms with Gasteiger partial charge >= 0.3 is 0 Å². The molecule has 0 saturated heterocycles. The number of nitrogens with zero attached hydrogens (tertiary/aromatic N) is 3. The zero-order valence-electron chi connectivity index (χ0n) is 17.4. The lowest BCUT2D eigenvalue weighted by molar-refractivity contribution is 0.728. The van der Waals surface area contributed by atoms with Crippen molar-refractivity contribution < 1.29 is 0 Å². The lowest BCUT2D eigenvalue weighted by Crippen LogP contribution is -2.39. The summed E-state index contributed by atoms with van der Waals surface area (Å²) in [5, 5.41) is 12.6. The number of aromatic amines is 1. The van der Waals surface area contributed by atoms with Crippen LogP contribution in [0.3, 0.4) is 0 Å². The van der Waals surface area contributed by atoms with Crippen molar-refractivity contribution in [3.63, 3.8) is 0 Å². The quantitative estimate of drug-likeness (QED) is 0.280. The molecule has 0 bridgehead atoms. The van der Waals surface area contributed by atoms with Crippen molar-refractivity contribution in [3.05, 3.63) is 52.5 Å². The van der Waals surface area contributed by atoms with Gasteiger partial charge in [0.2, 0.25) is 0 Å². The molecule has 3 N–H and O–H groups in total. The first kappa shape index (κ1) is 22.3. The minimum absolute atomic E-state index is 0. The van der Waals surface area contributed by atoms with Crippen LogP contribution in [0, 0.1) is 20.8 Å². The van der Waals surface area contributed by atoms with Gasteiger partial charge in [-0.1, -0.05) is 12.1 Å². The highest BCUT2D eigenvalue weighted by molar-refractivity contribution is 14.0. The molecule has 0 aliphatic heterocycles. The largest absolute Gasteiger partial charge is 0.361 e. The standard InChI is InChI=1S/C21H30N6.HI/c1-14-6-7-19-17(13-25-20(19)12-14)8-10-23-21(22-4)24-11-9-18-15(2)26-27(5)16(18)3;/h6-7,12-13,25H,8-11H2,1-5H3,(H2,22,23,24);1H. The molecule has 0 amide bonds. The van der Waals surface area contributed by atoms with Gasteiger partial charge in [-0.2, -0.15) is 5.10 Å². The summed E-state index contributed by atoms with van der Waals surface area (Å²) in [6.07, 6.45) is 3.99. The maximum atomic E-state index is 4.48. The van der Waals surface area contributed by atoms with Crippen LogP contribution < -0.4 is 10.6 Å². The van der Waals surface area contributed by atoms with E-state index < -0.39 is 0 Å². The number of aromatic nitrogens is 3. The Labute approximate surface area is 184 Å². The van der Waals surface area contributed by atoms with Crippen LogP contribution in [0.25, 0.3) is 10.9 Å². The van der Waals surface area contributed by atoms with Gasteiger partial charge in [-0.25, -0.2) is 0 Å². The summed E-state index contributed by atoms with van der Waals surface area (Å²) in [7, 11) is 3.80. The summed E-state index contributed by atoms with van der Waals surface area (Å²) in [4.78, 5) is 7.69. The van der Waals surface area contributed by atoms with Gasteiger partial charge in [-0.15, -0.1) is 24.0 Å². The minimum Gasteiger partial charge on any atom is -0.361 e. The van der Waals surface area contributed by atoms with Crippen molar-refractivity contribution >= 4 is 40.8 Å². The number of guanidine groups is 1. The molecule has 6 nitrogen and oxygen atoms in total. The van der Waals surface area contributed by atoms with Crippen molar-refractivity contribution in [3.8, 4) is 0 Å². The van der Waals surface area contributed by atoms with E-state index in [1.54, 1.807) is 0 Å². The Balaban J connectivity index is 0.00000280. The molecule has 2 heterocycles. The molecule has 0 atom stereocenters. The summed E-state index contributed by atoms with van der Waals surface area (Å²) in [6, 6.07) is 6.55. The van der Waals surface area contributed by atoms with E-state index in [-0.39, 0.29) is 24.0 Å². The van der Waals surface area contributed by atoms with Crippen LogP contribution in [-0.2, 0) is 19.9 Å². The smallest absolute Gasteiger partial charge is 0.190 e. The van der Waals surface area contributed by atoms with Crippen LogP contribution >= 0.6 is 24.0 Å². The Morgan fingerprint density at radius 2 is 1.86 bits per heavy atom. The Morgan fingerprint density at radius 3 is 2.50 bits per heavy atom. The number of aliphatic imine (C=N–C) groups is 1. The highest BCUT2D eigenvalue weighted by Gasteiger charge is 2.09. The third kappa shape index (κ3) is 5.06. The van der Waals surface area contributed by atoms with E-state index in [1.807, 2.05) is 18.8 Å². The number of hydrogen-bond donors (Lipinski definition) is 3. The number of nitrogens with one attached hydrogen (secondary N) is 3. The number of benzene rings is 1. The second-order valence-corrected chi connectivity index (χ2v) is 7.06. The van der Waals surface area contributed by atoms with Gasteiger partial charge in [0.05, 0.1) is 5.69 Å². The Bertz CT molecular complexity index is 953. The molecule has 0 radical (unpaired) electrons. The van der Waals surface area contributed by atoms with Crippen molar-refractivity contribution in [2.24, 2.45) is 12.0 Å². The zero-order chi connectivity index (χ0) is 19.4. The zero-order valence-corrected chi connectivity index (χ0v) is 19.7. The molecule has 1 aromatic carbocycles. The summed E-state index contributed by atoms with van der Waals surface area (Å²) >= 11 is 0. The normalized spacial score (nSPS) is 11.5. The third-order valence-electron chi connectivity index (χ3n) is 5.16. The van der Waals surface area contributed by atoms with Gasteiger partial charge in [0.1, 0.15) is 0 Å². The van der Waals surface area contributed by atoms with Crippen LogP contribution in [0.1, 0.15) is 28.1 Å². The molecule has 0 aliphatic carbocycles. The molecule has 2 aromatic heterocycles. The summed E-state index contributed by atoms with van der Waals surface area (Å²) < 4.78 is 1.94. The maximum Gasteiger partial charge on any atom is 0.190 e. The summed E-state index contributed by atoms with van der Waals surface area (Å²) in [5.41, 5.74) is 7.46. The average Bonchev–Trinajstić information content (AvgIpc) is 3.15. The predicted molar refractivity (Wildman–Crippen MR) is 128 cm³/mol. The molecule has 0 fully saturated rings. The first-order chi connectivity index (χ1) is 13.0. The van der Waals surface area contributed by atoms with Crippen molar-refractivity contribution in [2.75, 3.05) is 20.1 Å². The second kappa shape index (κ2) is 9.95. The average molecular weight is 494 g/mol. The fourth-order valence-electron chi connectivity index (χ4n) is 3.53. The second-order valence-electron chi connectivity index (χ2n) is 7.06. The fourth-order valence-corrected chi connectivity index (χ4v) is 3.53. The van der Waals surface area contributed by atoms with E-state index in [9.17, 15) is 0 Å². The number of hydrogen-bond acceptors (Lipinski definition) is 2. The SMILES string of the molecule is CN=C(NCCc1c(C)nn(C)c1C)NCCc1c[nH]c2cc(C)ccc12.I. The maximum absolute atomic E-state index is 4.48. The molecule has 0 saturated carbocycles. The van der Waals surface area contributed by atoms with E-state index in [1.165, 1.54) is 33.3 Å². The molecule has 0 spiro atoms. The molecule has 152 valence electrons. The fraction of sp³-hybridized carbons (Fsp3) is 0.429.